The van der Waals surface area contributed by atoms with Crippen LogP contribution in [0, 0.1) is 22.7 Å². The van der Waals surface area contributed by atoms with Crippen LogP contribution >= 0.6 is 72.4 Å². The molecule has 4 aliphatic heterocycles. The van der Waals surface area contributed by atoms with Crippen LogP contribution in [-0.4, -0.2) is 65.9 Å². The zero-order valence-corrected chi connectivity index (χ0v) is 29.6. The largest absolute Gasteiger partial charge is 0.326 e. The molecule has 224 valence electrons. The van der Waals surface area contributed by atoms with Crippen LogP contribution in [0.5, 0.6) is 0 Å². The molecule has 0 aromatic carbocycles. The standard InChI is InChI=1S/C31H42N2O2S6/c1-30(2,18-32-26(36)16-24-22(28(32)38)6-5-14-40-24)12-9-20(34)7-8-21(35)10-13-31(3,4)19-33-27(37)17-25-23(29(33)39)11-15-41-25/h16-17,22-23H,5-15,18-19H2,1-4H3. The summed E-state index contributed by atoms with van der Waals surface area (Å²) < 4.78 is 0. The Labute approximate surface area is 276 Å². The first-order chi connectivity index (χ1) is 19.3. The summed E-state index contributed by atoms with van der Waals surface area (Å²) in [7, 11) is 0. The minimum atomic E-state index is -0.117. The van der Waals surface area contributed by atoms with E-state index >= 15 is 0 Å². The van der Waals surface area contributed by atoms with Crippen molar-refractivity contribution in [3.63, 3.8) is 0 Å². The molecule has 4 heterocycles. The van der Waals surface area contributed by atoms with Gasteiger partial charge in [0.05, 0.1) is 9.98 Å². The molecule has 0 aliphatic carbocycles. The maximum absolute atomic E-state index is 12.8. The molecule has 0 aromatic rings. The number of rotatable bonds is 13. The fourth-order valence-electron chi connectivity index (χ4n) is 5.84. The van der Waals surface area contributed by atoms with Crippen molar-refractivity contribution in [1.82, 2.24) is 9.80 Å². The van der Waals surface area contributed by atoms with Gasteiger partial charge in [0.25, 0.3) is 0 Å². The lowest BCUT2D eigenvalue weighted by molar-refractivity contribution is -0.124. The van der Waals surface area contributed by atoms with Gasteiger partial charge in [-0.15, -0.1) is 23.5 Å². The minimum Gasteiger partial charge on any atom is -0.326 e. The molecule has 2 unspecified atom stereocenters. The van der Waals surface area contributed by atoms with Crippen LogP contribution in [-0.2, 0) is 9.59 Å². The molecular weight excluding hydrogens is 625 g/mol. The van der Waals surface area contributed by atoms with E-state index in [-0.39, 0.29) is 22.4 Å². The van der Waals surface area contributed by atoms with Crippen molar-refractivity contribution in [2.24, 2.45) is 22.7 Å². The lowest BCUT2D eigenvalue weighted by atomic mass is 9.84. The van der Waals surface area contributed by atoms with E-state index in [0.717, 1.165) is 70.2 Å². The van der Waals surface area contributed by atoms with E-state index in [1.807, 2.05) is 23.5 Å². The number of fused-ring (bicyclic) bond motifs is 2. The predicted octanol–water partition coefficient (Wildman–Crippen LogP) is 8.12. The summed E-state index contributed by atoms with van der Waals surface area (Å²) >= 11 is 26.8. The predicted molar refractivity (Wildman–Crippen MR) is 191 cm³/mol. The Balaban J connectivity index is 1.18. The topological polar surface area (TPSA) is 40.6 Å². The summed E-state index contributed by atoms with van der Waals surface area (Å²) in [4.78, 5) is 35.8. The molecule has 2 atom stereocenters. The summed E-state index contributed by atoms with van der Waals surface area (Å²) in [6.45, 7) is 10.1. The van der Waals surface area contributed by atoms with E-state index in [4.69, 9.17) is 48.9 Å². The number of Topliss-reactive ketones (excluding diaryl/α,β-unsaturated/α-hetero) is 2. The molecular formula is C31H42N2O2S6. The summed E-state index contributed by atoms with van der Waals surface area (Å²) in [5.41, 5.74) is -0.232. The summed E-state index contributed by atoms with van der Waals surface area (Å²) in [5, 5.41) is 0. The number of hydrogen-bond acceptors (Lipinski definition) is 8. The zero-order chi connectivity index (χ0) is 29.9. The lowest BCUT2D eigenvalue weighted by Gasteiger charge is -2.41. The van der Waals surface area contributed by atoms with Crippen LogP contribution in [0.25, 0.3) is 0 Å². The molecule has 0 radical (unpaired) electrons. The van der Waals surface area contributed by atoms with Gasteiger partial charge in [-0.3, -0.25) is 9.59 Å². The maximum atomic E-state index is 12.8. The Morgan fingerprint density at radius 3 is 1.66 bits per heavy atom. The van der Waals surface area contributed by atoms with Crippen molar-refractivity contribution < 1.29 is 9.59 Å². The van der Waals surface area contributed by atoms with Crippen molar-refractivity contribution in [2.45, 2.75) is 85.5 Å². The Hall–Kier alpha value is -0.520. The number of thiocarbonyl (C=S) groups is 4. The second kappa shape index (κ2) is 14.1. The normalized spacial score (nSPS) is 23.3. The number of carbonyl (C=O) groups excluding carboxylic acids is 2. The van der Waals surface area contributed by atoms with E-state index in [0.29, 0.717) is 37.5 Å². The molecule has 4 rings (SSSR count). The highest BCUT2D eigenvalue weighted by molar-refractivity contribution is 8.03. The Bertz CT molecular complexity index is 1190. The third kappa shape index (κ3) is 8.78. The third-order valence-electron chi connectivity index (χ3n) is 8.48. The fourth-order valence-corrected chi connectivity index (χ4v) is 10.0. The van der Waals surface area contributed by atoms with Crippen LogP contribution in [0.3, 0.4) is 0 Å². The van der Waals surface area contributed by atoms with E-state index < -0.39 is 0 Å². The van der Waals surface area contributed by atoms with Crippen LogP contribution in [0.4, 0.5) is 0 Å². The first kappa shape index (κ1) is 33.4. The molecule has 10 heteroatoms. The molecule has 4 nitrogen and oxygen atoms in total. The maximum Gasteiger partial charge on any atom is 0.133 e. The molecule has 0 saturated carbocycles. The number of nitrogens with zero attached hydrogens (tertiary/aromatic N) is 2. The van der Waals surface area contributed by atoms with Gasteiger partial charge < -0.3 is 9.80 Å². The smallest absolute Gasteiger partial charge is 0.133 e. The quantitative estimate of drug-likeness (QED) is 0.180. The van der Waals surface area contributed by atoms with Gasteiger partial charge in [-0.25, -0.2) is 0 Å². The molecule has 0 spiro atoms. The van der Waals surface area contributed by atoms with E-state index in [2.05, 4.69) is 49.6 Å². The molecule has 2 fully saturated rings. The molecule has 4 aliphatic rings. The average molecular weight is 667 g/mol. The summed E-state index contributed by atoms with van der Waals surface area (Å²) in [6, 6.07) is 0. The second-order valence-electron chi connectivity index (χ2n) is 13.3. The first-order valence-corrected chi connectivity index (χ1v) is 18.3. The molecule has 0 aromatic heterocycles. The van der Waals surface area contributed by atoms with Crippen LogP contribution < -0.4 is 0 Å². The number of thioether (sulfide) groups is 2. The SMILES string of the molecule is CC(C)(CCC(=O)CCC(=O)CCC(C)(C)CN1C(=S)C=C2SCCC2C1=S)CN1C(=S)C=C2SCCCC2C1=S. The summed E-state index contributed by atoms with van der Waals surface area (Å²) in [5.74, 6) is 3.18. The molecule has 0 bridgehead atoms. The third-order valence-corrected chi connectivity index (χ3v) is 12.6. The Morgan fingerprint density at radius 1 is 0.732 bits per heavy atom. The van der Waals surface area contributed by atoms with Crippen LogP contribution in [0.15, 0.2) is 22.0 Å². The second-order valence-corrected chi connectivity index (χ2v) is 17.3. The van der Waals surface area contributed by atoms with E-state index in [9.17, 15) is 9.59 Å². The Morgan fingerprint density at radius 2 is 1.17 bits per heavy atom. The van der Waals surface area contributed by atoms with Gasteiger partial charge in [0, 0.05) is 50.6 Å². The minimum absolute atomic E-state index is 0.114. The highest BCUT2D eigenvalue weighted by Gasteiger charge is 2.37. The van der Waals surface area contributed by atoms with Gasteiger partial charge in [0.15, 0.2) is 0 Å². The number of ketones is 2. The zero-order valence-electron chi connectivity index (χ0n) is 24.7. The van der Waals surface area contributed by atoms with E-state index in [1.54, 1.807) is 0 Å². The molecule has 0 N–H and O–H groups in total. The van der Waals surface area contributed by atoms with E-state index in [1.165, 1.54) is 16.2 Å². The highest BCUT2D eigenvalue weighted by Crippen LogP contribution is 2.42. The van der Waals surface area contributed by atoms with Crippen LogP contribution in [0.1, 0.15) is 85.5 Å². The van der Waals surface area contributed by atoms with Crippen molar-refractivity contribution in [1.29, 1.82) is 0 Å². The van der Waals surface area contributed by atoms with Gasteiger partial charge >= 0.3 is 0 Å². The lowest BCUT2D eigenvalue weighted by Crippen LogP contribution is -2.47. The van der Waals surface area contributed by atoms with Crippen molar-refractivity contribution in [3.05, 3.63) is 22.0 Å². The monoisotopic (exact) mass is 666 g/mol. The Kier molecular flexibility index (Phi) is 11.4. The van der Waals surface area contributed by atoms with Crippen LogP contribution in [0.2, 0.25) is 0 Å². The number of hydrogen-bond donors (Lipinski definition) is 0. The van der Waals surface area contributed by atoms with Gasteiger partial charge in [-0.05, 0) is 76.4 Å². The molecule has 41 heavy (non-hydrogen) atoms. The van der Waals surface area contributed by atoms with Gasteiger partial charge in [-0.2, -0.15) is 0 Å². The first-order valence-electron chi connectivity index (χ1n) is 14.7. The average Bonchev–Trinajstić information content (AvgIpc) is 3.38. The van der Waals surface area contributed by atoms with Gasteiger partial charge in [0.2, 0.25) is 0 Å². The van der Waals surface area contributed by atoms with Crippen molar-refractivity contribution in [2.75, 3.05) is 24.6 Å². The van der Waals surface area contributed by atoms with Gasteiger partial charge in [-0.1, -0.05) is 76.6 Å². The van der Waals surface area contributed by atoms with Gasteiger partial charge in [0.1, 0.15) is 21.5 Å². The summed E-state index contributed by atoms with van der Waals surface area (Å²) in [6.07, 6.45) is 10.7. The fraction of sp³-hybridized carbons (Fsp3) is 0.677. The molecule has 0 amide bonds. The van der Waals surface area contributed by atoms with Crippen molar-refractivity contribution in [3.8, 4) is 0 Å². The number of carbonyl (C=O) groups is 2. The highest BCUT2D eigenvalue weighted by atomic mass is 32.2. The van der Waals surface area contributed by atoms with Crippen molar-refractivity contribution >= 4 is 104 Å². The molecule has 2 saturated heterocycles.